The molecule has 6 nitrogen and oxygen atoms in total. The number of rotatable bonds is 5. The molecule has 116 valence electrons. The van der Waals surface area contributed by atoms with Crippen molar-refractivity contribution in [1.82, 2.24) is 20.3 Å². The molecule has 0 fully saturated rings. The van der Waals surface area contributed by atoms with E-state index in [1.165, 1.54) is 0 Å². The van der Waals surface area contributed by atoms with E-state index in [1.54, 1.807) is 23.5 Å². The largest absolute Gasteiger partial charge is 0.347 e. The monoisotopic (exact) mass is 299 g/mol. The summed E-state index contributed by atoms with van der Waals surface area (Å²) in [5.74, 6) is 0.432. The van der Waals surface area contributed by atoms with Gasteiger partial charge in [0.1, 0.15) is 0 Å². The maximum absolute atomic E-state index is 12.5. The molecule has 0 aliphatic rings. The number of carbonyl (C=O) groups excluding carboxylic acids is 1. The first-order valence-corrected chi connectivity index (χ1v) is 7.24. The number of amides is 1. The number of hydrogen-bond donors (Lipinski definition) is 1. The lowest BCUT2D eigenvalue weighted by molar-refractivity contribution is 0.0934. The fraction of sp³-hybridized carbons (Fsp3) is 0.375. The summed E-state index contributed by atoms with van der Waals surface area (Å²) in [5.41, 5.74) is 2.20. The summed E-state index contributed by atoms with van der Waals surface area (Å²) in [5, 5.41) is 3.03. The molecule has 0 saturated heterocycles. The van der Waals surface area contributed by atoms with Crippen LogP contribution in [0.25, 0.3) is 0 Å². The highest BCUT2D eigenvalue weighted by atomic mass is 16.1. The minimum absolute atomic E-state index is 0.0524. The van der Waals surface area contributed by atoms with Crippen molar-refractivity contribution < 1.29 is 4.79 Å². The van der Waals surface area contributed by atoms with Crippen molar-refractivity contribution in [3.63, 3.8) is 0 Å². The van der Waals surface area contributed by atoms with Crippen molar-refractivity contribution in [2.75, 3.05) is 19.0 Å². The third-order valence-electron chi connectivity index (χ3n) is 3.43. The summed E-state index contributed by atoms with van der Waals surface area (Å²) in [6.45, 7) is 3.85. The van der Waals surface area contributed by atoms with Gasteiger partial charge < -0.3 is 10.2 Å². The average Bonchev–Trinajstić information content (AvgIpc) is 2.53. The quantitative estimate of drug-likeness (QED) is 0.915. The highest BCUT2D eigenvalue weighted by molar-refractivity contribution is 5.95. The smallest absolute Gasteiger partial charge is 0.255 e. The molecule has 22 heavy (non-hydrogen) atoms. The molecule has 2 aromatic heterocycles. The van der Waals surface area contributed by atoms with Crippen LogP contribution in [0, 0.1) is 6.92 Å². The summed E-state index contributed by atoms with van der Waals surface area (Å²) in [7, 11) is 3.73. The van der Waals surface area contributed by atoms with E-state index in [9.17, 15) is 4.79 Å². The van der Waals surface area contributed by atoms with Crippen molar-refractivity contribution in [3.8, 4) is 0 Å². The van der Waals surface area contributed by atoms with Gasteiger partial charge in [-0.15, -0.1) is 0 Å². The van der Waals surface area contributed by atoms with Gasteiger partial charge in [-0.1, -0.05) is 6.92 Å². The summed E-state index contributed by atoms with van der Waals surface area (Å²) >= 11 is 0. The molecule has 0 unspecified atom stereocenters. The summed E-state index contributed by atoms with van der Waals surface area (Å²) in [4.78, 5) is 26.8. The zero-order valence-electron chi connectivity index (χ0n) is 13.4. The number of pyridine rings is 1. The van der Waals surface area contributed by atoms with Gasteiger partial charge in [0.25, 0.3) is 5.91 Å². The molecule has 2 heterocycles. The Morgan fingerprint density at radius 2 is 2.00 bits per heavy atom. The van der Waals surface area contributed by atoms with Crippen molar-refractivity contribution in [2.45, 2.75) is 26.3 Å². The molecule has 0 radical (unpaired) electrons. The molecule has 2 rings (SSSR count). The standard InChI is InChI=1S/C16H21N5O/c1-5-14(12-6-8-17-9-7-12)20-15(22)13-10-18-16(21(3)4)19-11(13)2/h6-10,14H,5H2,1-4H3,(H,20,22)/t14-/m1/s1. The second-order valence-electron chi connectivity index (χ2n) is 5.28. The van der Waals surface area contributed by atoms with Gasteiger partial charge in [0.05, 0.1) is 17.3 Å². The van der Waals surface area contributed by atoms with E-state index in [4.69, 9.17) is 0 Å². The predicted octanol–water partition coefficient (Wildman–Crippen LogP) is 2.13. The van der Waals surface area contributed by atoms with Crippen LogP contribution >= 0.6 is 0 Å². The molecule has 0 aliphatic heterocycles. The Balaban J connectivity index is 2.18. The van der Waals surface area contributed by atoms with Gasteiger partial charge in [-0.3, -0.25) is 9.78 Å². The van der Waals surface area contributed by atoms with Gasteiger partial charge in [-0.25, -0.2) is 9.97 Å². The summed E-state index contributed by atoms with van der Waals surface area (Å²) in [6, 6.07) is 3.77. The van der Waals surface area contributed by atoms with Crippen LogP contribution in [0.3, 0.4) is 0 Å². The number of aryl methyl sites for hydroxylation is 1. The topological polar surface area (TPSA) is 71.0 Å². The van der Waals surface area contributed by atoms with Crippen LogP contribution in [0.2, 0.25) is 0 Å². The first-order chi connectivity index (χ1) is 10.5. The van der Waals surface area contributed by atoms with Gasteiger partial charge in [-0.2, -0.15) is 0 Å². The summed E-state index contributed by atoms with van der Waals surface area (Å²) < 4.78 is 0. The van der Waals surface area contributed by atoms with Crippen LogP contribution in [0.15, 0.2) is 30.7 Å². The van der Waals surface area contributed by atoms with Gasteiger partial charge in [0.2, 0.25) is 5.95 Å². The number of carbonyl (C=O) groups is 1. The van der Waals surface area contributed by atoms with Crippen LogP contribution in [0.4, 0.5) is 5.95 Å². The predicted molar refractivity (Wildman–Crippen MR) is 85.8 cm³/mol. The van der Waals surface area contributed by atoms with Gasteiger partial charge in [0, 0.05) is 32.7 Å². The molecular weight excluding hydrogens is 278 g/mol. The lowest BCUT2D eigenvalue weighted by atomic mass is 10.1. The zero-order valence-corrected chi connectivity index (χ0v) is 13.4. The Bertz CT molecular complexity index is 642. The number of nitrogens with one attached hydrogen (secondary N) is 1. The zero-order chi connectivity index (χ0) is 16.1. The molecule has 0 saturated carbocycles. The first kappa shape index (κ1) is 15.9. The highest BCUT2D eigenvalue weighted by Gasteiger charge is 2.17. The SMILES string of the molecule is CC[C@@H](NC(=O)c1cnc(N(C)C)nc1C)c1ccncc1. The minimum atomic E-state index is -0.161. The highest BCUT2D eigenvalue weighted by Crippen LogP contribution is 2.17. The Morgan fingerprint density at radius 3 is 2.55 bits per heavy atom. The van der Waals surface area contributed by atoms with E-state index in [1.807, 2.05) is 40.1 Å². The van der Waals surface area contributed by atoms with E-state index >= 15 is 0 Å². The maximum atomic E-state index is 12.5. The second kappa shape index (κ2) is 6.98. The fourth-order valence-corrected chi connectivity index (χ4v) is 2.15. The number of anilines is 1. The molecule has 6 heteroatoms. The van der Waals surface area contributed by atoms with Gasteiger partial charge in [-0.05, 0) is 31.0 Å². The number of nitrogens with zero attached hydrogens (tertiary/aromatic N) is 4. The Labute approximate surface area is 130 Å². The summed E-state index contributed by atoms with van der Waals surface area (Å²) in [6.07, 6.45) is 5.83. The lowest BCUT2D eigenvalue weighted by Gasteiger charge is -2.18. The Morgan fingerprint density at radius 1 is 1.32 bits per heavy atom. The van der Waals surface area contributed by atoms with Crippen LogP contribution < -0.4 is 10.2 Å². The number of aromatic nitrogens is 3. The fourth-order valence-electron chi connectivity index (χ4n) is 2.15. The maximum Gasteiger partial charge on any atom is 0.255 e. The normalized spacial score (nSPS) is 11.8. The third-order valence-corrected chi connectivity index (χ3v) is 3.43. The molecule has 1 N–H and O–H groups in total. The second-order valence-corrected chi connectivity index (χ2v) is 5.28. The van der Waals surface area contributed by atoms with E-state index in [-0.39, 0.29) is 11.9 Å². The van der Waals surface area contributed by atoms with E-state index in [2.05, 4.69) is 20.3 Å². The molecule has 0 bridgehead atoms. The Hall–Kier alpha value is -2.50. The first-order valence-electron chi connectivity index (χ1n) is 7.24. The molecule has 1 amide bonds. The van der Waals surface area contributed by atoms with Crippen LogP contribution in [0.1, 0.15) is 41.0 Å². The molecule has 0 spiro atoms. The van der Waals surface area contributed by atoms with E-state index in [0.717, 1.165) is 12.0 Å². The van der Waals surface area contributed by atoms with Crippen LogP contribution in [-0.4, -0.2) is 35.0 Å². The number of hydrogen-bond acceptors (Lipinski definition) is 5. The molecule has 2 aromatic rings. The van der Waals surface area contributed by atoms with Crippen LogP contribution in [0.5, 0.6) is 0 Å². The average molecular weight is 299 g/mol. The van der Waals surface area contributed by atoms with Gasteiger partial charge in [0.15, 0.2) is 0 Å². The van der Waals surface area contributed by atoms with Crippen molar-refractivity contribution >= 4 is 11.9 Å². The van der Waals surface area contributed by atoms with Gasteiger partial charge >= 0.3 is 0 Å². The van der Waals surface area contributed by atoms with Crippen molar-refractivity contribution in [2.24, 2.45) is 0 Å². The van der Waals surface area contributed by atoms with E-state index < -0.39 is 0 Å². The molecular formula is C16H21N5O. The molecule has 0 aliphatic carbocycles. The Kier molecular flexibility index (Phi) is 5.04. The van der Waals surface area contributed by atoms with E-state index in [0.29, 0.717) is 17.2 Å². The lowest BCUT2D eigenvalue weighted by Crippen LogP contribution is -2.29. The van der Waals surface area contributed by atoms with Crippen LogP contribution in [-0.2, 0) is 0 Å². The van der Waals surface area contributed by atoms with Crippen molar-refractivity contribution in [1.29, 1.82) is 0 Å². The molecule has 1 atom stereocenters. The molecule has 0 aromatic carbocycles. The minimum Gasteiger partial charge on any atom is -0.347 e. The third kappa shape index (κ3) is 3.58. The van der Waals surface area contributed by atoms with Crippen molar-refractivity contribution in [3.05, 3.63) is 47.5 Å².